The predicted molar refractivity (Wildman–Crippen MR) is 91.9 cm³/mol. The number of amides is 2. The van der Waals surface area contributed by atoms with Gasteiger partial charge in [-0.25, -0.2) is 9.69 Å². The van der Waals surface area contributed by atoms with Crippen LogP contribution in [0, 0.1) is 0 Å². The maximum Gasteiger partial charge on any atom is 0.418 e. The molecule has 4 nitrogen and oxygen atoms in total. The fraction of sp³-hybridized carbons (Fsp3) is 0.500. The molecular formula is C16H20BrNO3S. The molecule has 1 saturated heterocycles. The monoisotopic (exact) mass is 385 g/mol. The molecule has 0 bridgehead atoms. The summed E-state index contributed by atoms with van der Waals surface area (Å²) in [6.45, 7) is 5.33. The van der Waals surface area contributed by atoms with Crippen LogP contribution < -0.4 is 0 Å². The molecule has 0 N–H and O–H groups in total. The number of hydrogen-bond donors (Lipinski definition) is 1. The summed E-state index contributed by atoms with van der Waals surface area (Å²) in [5.74, 6) is -0.235. The minimum absolute atomic E-state index is 0.235. The third-order valence-corrected chi connectivity index (χ3v) is 4.49. The van der Waals surface area contributed by atoms with Gasteiger partial charge in [0, 0.05) is 17.3 Å². The SMILES string of the molecule is CC(C)(C)OC(=O)N1C(=O)CC[C@@]1(S)Cc1ccc(Br)cc1. The summed E-state index contributed by atoms with van der Waals surface area (Å²) in [6, 6.07) is 7.78. The number of carbonyl (C=O) groups is 2. The van der Waals surface area contributed by atoms with E-state index in [0.29, 0.717) is 19.3 Å². The number of nitrogens with zero attached hydrogens (tertiary/aromatic N) is 1. The molecule has 1 fully saturated rings. The summed E-state index contributed by atoms with van der Waals surface area (Å²) >= 11 is 8.05. The Hall–Kier alpha value is -1.01. The molecule has 2 amide bonds. The van der Waals surface area contributed by atoms with Crippen molar-refractivity contribution in [1.29, 1.82) is 0 Å². The van der Waals surface area contributed by atoms with Gasteiger partial charge in [0.05, 0.1) is 0 Å². The lowest BCUT2D eigenvalue weighted by Gasteiger charge is -2.34. The maximum absolute atomic E-state index is 12.4. The molecule has 0 aliphatic carbocycles. The van der Waals surface area contributed by atoms with Gasteiger partial charge in [0.2, 0.25) is 5.91 Å². The lowest BCUT2D eigenvalue weighted by Crippen LogP contribution is -2.49. The molecule has 0 spiro atoms. The van der Waals surface area contributed by atoms with E-state index < -0.39 is 16.6 Å². The third kappa shape index (κ3) is 4.04. The summed E-state index contributed by atoms with van der Waals surface area (Å²) in [6.07, 6.45) is 0.694. The molecule has 1 aliphatic rings. The van der Waals surface area contributed by atoms with E-state index in [0.717, 1.165) is 10.0 Å². The number of ether oxygens (including phenoxy) is 1. The van der Waals surface area contributed by atoms with Gasteiger partial charge in [0.1, 0.15) is 10.5 Å². The van der Waals surface area contributed by atoms with Crippen LogP contribution >= 0.6 is 28.6 Å². The second kappa shape index (κ2) is 6.24. The number of rotatable bonds is 2. The molecule has 120 valence electrons. The van der Waals surface area contributed by atoms with E-state index in [2.05, 4.69) is 28.6 Å². The van der Waals surface area contributed by atoms with Crippen molar-refractivity contribution in [3.63, 3.8) is 0 Å². The molecule has 1 aromatic rings. The number of likely N-dealkylation sites (tertiary alicyclic amines) is 1. The molecule has 6 heteroatoms. The van der Waals surface area contributed by atoms with Crippen molar-refractivity contribution in [2.45, 2.75) is 50.5 Å². The van der Waals surface area contributed by atoms with Gasteiger partial charge in [-0.2, -0.15) is 12.6 Å². The van der Waals surface area contributed by atoms with Crippen molar-refractivity contribution in [3.05, 3.63) is 34.3 Å². The van der Waals surface area contributed by atoms with E-state index in [1.54, 1.807) is 20.8 Å². The van der Waals surface area contributed by atoms with Crippen LogP contribution in [0.4, 0.5) is 4.79 Å². The first-order valence-electron chi connectivity index (χ1n) is 7.14. The van der Waals surface area contributed by atoms with Gasteiger partial charge in [-0.3, -0.25) is 4.79 Å². The summed E-state index contributed by atoms with van der Waals surface area (Å²) in [7, 11) is 0. The quantitative estimate of drug-likeness (QED) is 0.776. The van der Waals surface area contributed by atoms with Crippen LogP contribution in [-0.2, 0) is 16.0 Å². The Morgan fingerprint density at radius 1 is 1.36 bits per heavy atom. The van der Waals surface area contributed by atoms with Crippen LogP contribution in [0.15, 0.2) is 28.7 Å². The summed E-state index contributed by atoms with van der Waals surface area (Å²) in [5, 5.41) is 0. The maximum atomic E-state index is 12.4. The lowest BCUT2D eigenvalue weighted by atomic mass is 10.0. The zero-order valence-electron chi connectivity index (χ0n) is 12.9. The fourth-order valence-corrected chi connectivity index (χ4v) is 3.19. The second-order valence-corrected chi connectivity index (χ2v) is 8.24. The van der Waals surface area contributed by atoms with Gasteiger partial charge in [0.15, 0.2) is 0 Å². The Balaban J connectivity index is 2.21. The second-order valence-electron chi connectivity index (χ2n) is 6.50. The molecule has 0 radical (unpaired) electrons. The normalized spacial score (nSPS) is 22.0. The smallest absolute Gasteiger partial charge is 0.418 e. The Bertz CT molecular complexity index is 582. The van der Waals surface area contributed by atoms with Gasteiger partial charge >= 0.3 is 6.09 Å². The number of imide groups is 1. The highest BCUT2D eigenvalue weighted by molar-refractivity contribution is 9.10. The number of hydrogen-bond acceptors (Lipinski definition) is 4. The highest BCUT2D eigenvalue weighted by atomic mass is 79.9. The number of halogens is 1. The summed E-state index contributed by atoms with van der Waals surface area (Å²) < 4.78 is 6.34. The molecule has 2 rings (SSSR count). The zero-order chi connectivity index (χ0) is 16.5. The molecule has 0 aromatic heterocycles. The highest BCUT2D eigenvalue weighted by Crippen LogP contribution is 2.38. The topological polar surface area (TPSA) is 46.6 Å². The first-order chi connectivity index (χ1) is 10.1. The van der Waals surface area contributed by atoms with E-state index in [9.17, 15) is 9.59 Å². The van der Waals surface area contributed by atoms with Gasteiger partial charge < -0.3 is 4.74 Å². The largest absolute Gasteiger partial charge is 0.443 e. The predicted octanol–water partition coefficient (Wildman–Crippen LogP) is 4.18. The minimum Gasteiger partial charge on any atom is -0.443 e. The van der Waals surface area contributed by atoms with Crippen molar-refractivity contribution < 1.29 is 14.3 Å². The van der Waals surface area contributed by atoms with Gasteiger partial charge in [-0.05, 0) is 44.9 Å². The van der Waals surface area contributed by atoms with Gasteiger partial charge in [-0.15, -0.1) is 0 Å². The zero-order valence-corrected chi connectivity index (χ0v) is 15.4. The first kappa shape index (κ1) is 17.3. The number of thiol groups is 1. The molecule has 0 saturated carbocycles. The van der Waals surface area contributed by atoms with Crippen molar-refractivity contribution in [1.82, 2.24) is 4.90 Å². The van der Waals surface area contributed by atoms with E-state index in [4.69, 9.17) is 4.74 Å². The summed E-state index contributed by atoms with van der Waals surface area (Å²) in [5.41, 5.74) is 0.369. The molecule has 22 heavy (non-hydrogen) atoms. The van der Waals surface area contributed by atoms with Crippen LogP contribution in [0.2, 0.25) is 0 Å². The highest BCUT2D eigenvalue weighted by Gasteiger charge is 2.48. The van der Waals surface area contributed by atoms with Crippen molar-refractivity contribution in [2.75, 3.05) is 0 Å². The van der Waals surface area contributed by atoms with Crippen LogP contribution in [0.5, 0.6) is 0 Å². The van der Waals surface area contributed by atoms with E-state index in [1.807, 2.05) is 24.3 Å². The molecule has 1 aromatic carbocycles. The first-order valence-corrected chi connectivity index (χ1v) is 8.38. The Morgan fingerprint density at radius 2 is 1.95 bits per heavy atom. The average molecular weight is 386 g/mol. The van der Waals surface area contributed by atoms with Gasteiger partial charge in [-0.1, -0.05) is 28.1 Å². The van der Waals surface area contributed by atoms with Crippen LogP contribution in [0.3, 0.4) is 0 Å². The van der Waals surface area contributed by atoms with Crippen molar-refractivity contribution in [3.8, 4) is 0 Å². The lowest BCUT2D eigenvalue weighted by molar-refractivity contribution is -0.128. The number of carbonyl (C=O) groups excluding carboxylic acids is 2. The van der Waals surface area contributed by atoms with Crippen LogP contribution in [-0.4, -0.2) is 27.4 Å². The third-order valence-electron chi connectivity index (χ3n) is 3.38. The Morgan fingerprint density at radius 3 is 2.50 bits per heavy atom. The average Bonchev–Trinajstić information content (AvgIpc) is 2.66. The van der Waals surface area contributed by atoms with E-state index in [-0.39, 0.29) is 5.91 Å². The van der Waals surface area contributed by atoms with E-state index >= 15 is 0 Å². The van der Waals surface area contributed by atoms with Gasteiger partial charge in [0.25, 0.3) is 0 Å². The fourth-order valence-electron chi connectivity index (χ4n) is 2.44. The van der Waals surface area contributed by atoms with Crippen LogP contribution in [0.1, 0.15) is 39.2 Å². The Labute approximate surface area is 144 Å². The van der Waals surface area contributed by atoms with Crippen molar-refractivity contribution in [2.24, 2.45) is 0 Å². The molecule has 1 heterocycles. The molecule has 0 unspecified atom stereocenters. The van der Waals surface area contributed by atoms with E-state index in [1.165, 1.54) is 4.90 Å². The standard InChI is InChI=1S/C16H20BrNO3S/c1-15(2,3)21-14(20)18-13(19)8-9-16(18,22)10-11-4-6-12(17)7-5-11/h4-7,22H,8-10H2,1-3H3/t16-/m1/s1. The molecule has 1 atom stereocenters. The minimum atomic E-state index is -0.840. The van der Waals surface area contributed by atoms with Crippen LogP contribution in [0.25, 0.3) is 0 Å². The molecule has 1 aliphatic heterocycles. The van der Waals surface area contributed by atoms with Crippen molar-refractivity contribution >= 4 is 40.6 Å². The molecular weight excluding hydrogens is 366 g/mol. The number of benzene rings is 1. The summed E-state index contributed by atoms with van der Waals surface area (Å²) in [4.78, 5) is 24.8. The Kier molecular flexibility index (Phi) is 4.92.